The van der Waals surface area contributed by atoms with Gasteiger partial charge in [0, 0.05) is 84.1 Å². The van der Waals surface area contributed by atoms with Crippen LogP contribution in [0.4, 0.5) is 8.78 Å². The fourth-order valence-corrected chi connectivity index (χ4v) is 13.1. The van der Waals surface area contributed by atoms with Crippen molar-refractivity contribution in [2.75, 3.05) is 39.3 Å². The Morgan fingerprint density at radius 3 is 1.76 bits per heavy atom. The van der Waals surface area contributed by atoms with Crippen LogP contribution in [0.3, 0.4) is 0 Å². The summed E-state index contributed by atoms with van der Waals surface area (Å²) < 4.78 is 34.2. The number of aromatic amines is 4. The predicted octanol–water partition coefficient (Wildman–Crippen LogP) is 11.3. The van der Waals surface area contributed by atoms with Gasteiger partial charge in [0.2, 0.25) is 5.91 Å². The number of imidazole rings is 1. The molecule has 5 N–H and O–H groups in total. The maximum atomic E-state index is 14.1. The Morgan fingerprint density at radius 2 is 1.15 bits per heavy atom. The SMILES string of the molecule is CC(C)c1cc(C(=O)C2CCC(n3ncc4c(F)cc(Br)cc43)C2)n[nH]1.CC(C)c1cc(C(=O)N2CC[C@@H](n3ncc4c(F)cccc43)C2)n[nH]1.CC(C)c1cc(C(=O)N2CC[C@@H](n3ncc4ccc(Cl)nc43)C2)n[nH]1.O=C(NC1CCN(C(=O)c2cnc[nH]2)C1)C1CC1. The Morgan fingerprint density at radius 1 is 0.585 bits per heavy atom. The molecule has 11 heterocycles. The number of nitrogens with zero attached hydrogens (tertiary/aromatic N) is 14. The summed E-state index contributed by atoms with van der Waals surface area (Å²) in [7, 11) is 0. The molecule has 5 fully saturated rings. The van der Waals surface area contributed by atoms with Crippen molar-refractivity contribution in [1.29, 1.82) is 0 Å². The maximum absolute atomic E-state index is 14.1. The van der Waals surface area contributed by atoms with Crippen molar-refractivity contribution >= 4 is 89.8 Å². The van der Waals surface area contributed by atoms with E-state index in [1.165, 1.54) is 24.7 Å². The lowest BCUT2D eigenvalue weighted by Crippen LogP contribution is -2.39. The summed E-state index contributed by atoms with van der Waals surface area (Å²) in [5, 5.41) is 39.9. The molecule has 0 radical (unpaired) electrons. The van der Waals surface area contributed by atoms with Gasteiger partial charge in [0.25, 0.3) is 17.7 Å². The van der Waals surface area contributed by atoms with Gasteiger partial charge in [-0.25, -0.2) is 23.4 Å². The van der Waals surface area contributed by atoms with Gasteiger partial charge in [-0.15, -0.1) is 0 Å². The molecule has 2 aliphatic carbocycles. The van der Waals surface area contributed by atoms with Gasteiger partial charge in [-0.05, 0) is 124 Å². The van der Waals surface area contributed by atoms with Gasteiger partial charge in [0.05, 0.1) is 71.0 Å². The molecule has 10 aromatic rings. The first kappa shape index (κ1) is 65.1. The molecule has 0 bridgehead atoms. The number of Topliss-reactive ketones (excluding diaryl/α,β-unsaturated/α-hetero) is 1. The summed E-state index contributed by atoms with van der Waals surface area (Å²) in [6.45, 7) is 16.1. The van der Waals surface area contributed by atoms with Crippen LogP contribution in [-0.4, -0.2) is 164 Å². The average Bonchev–Trinajstić information content (AvgIpc) is 1.64. The molecule has 15 rings (SSSR count). The first-order valence-electron chi connectivity index (χ1n) is 32.0. The number of carbonyl (C=O) groups excluding carboxylic acids is 5. The van der Waals surface area contributed by atoms with Crippen LogP contribution in [0.25, 0.3) is 32.8 Å². The number of amides is 4. The standard InChI is InChI=1S/C19H20BrFN4O.C18H20FN5O.C17H19ClN6O.C12H16N4O2/c1-10(2)16-8-17(24-23-16)19(26)11-3-4-13(5-11)25-18-7-12(20)6-15(21)14(18)9-22-25;1-11(2)15-8-16(22-21-15)18(25)23-7-6-12(10-23)24-17-5-3-4-14(19)13(17)9-20-24;1-10(2)13-7-14(22-21-13)17(25)23-6-5-12(9-23)24-16-11(8-19-24)3-4-15(18)20-16;17-11(8-1-2-8)15-9-3-4-16(6-9)12(18)10-5-13-7-14-10/h6-11,13H,3-5H2,1-2H3,(H,23,24);3-5,8-9,11-12H,6-7,10H2,1-2H3,(H,21,22);3-4,7-8,10,12H,5-6,9H2,1-2H3,(H,21,22);5,7-9H,1-4,6H2,(H,13,14)(H,15,17)/t;2*12-;/m.11./s1. The molecule has 492 valence electrons. The van der Waals surface area contributed by atoms with Crippen molar-refractivity contribution in [3.8, 4) is 0 Å². The molecule has 3 unspecified atom stereocenters. The average molecular weight is 1370 g/mol. The summed E-state index contributed by atoms with van der Waals surface area (Å²) in [5.41, 5.74) is 7.11. The molecule has 5 aliphatic rings. The van der Waals surface area contributed by atoms with E-state index >= 15 is 0 Å². The second-order valence-electron chi connectivity index (χ2n) is 25.8. The highest BCUT2D eigenvalue weighted by Gasteiger charge is 2.37. The third kappa shape index (κ3) is 14.2. The Balaban J connectivity index is 0.000000121. The lowest BCUT2D eigenvalue weighted by Gasteiger charge is -2.16. The van der Waals surface area contributed by atoms with Gasteiger partial charge in [-0.1, -0.05) is 75.1 Å². The number of ketones is 1. The maximum Gasteiger partial charge on any atom is 0.274 e. The number of hydrogen-bond acceptors (Lipinski definition) is 13. The van der Waals surface area contributed by atoms with Gasteiger partial charge >= 0.3 is 0 Å². The van der Waals surface area contributed by atoms with Gasteiger partial charge in [-0.3, -0.25) is 48.6 Å². The van der Waals surface area contributed by atoms with E-state index < -0.39 is 0 Å². The van der Waals surface area contributed by atoms with Crippen LogP contribution in [0.1, 0.15) is 188 Å². The second-order valence-corrected chi connectivity index (χ2v) is 27.1. The zero-order valence-corrected chi connectivity index (χ0v) is 55.4. The van der Waals surface area contributed by atoms with E-state index in [9.17, 15) is 32.8 Å². The molecule has 5 atom stereocenters. The van der Waals surface area contributed by atoms with Crippen molar-refractivity contribution in [3.63, 3.8) is 0 Å². The van der Waals surface area contributed by atoms with E-state index in [0.717, 1.165) is 84.1 Å². The van der Waals surface area contributed by atoms with Crippen molar-refractivity contribution < 1.29 is 32.8 Å². The van der Waals surface area contributed by atoms with Crippen molar-refractivity contribution in [3.05, 3.63) is 153 Å². The molecule has 24 nitrogen and oxygen atoms in total. The number of benzene rings is 2. The smallest absolute Gasteiger partial charge is 0.274 e. The fourth-order valence-electron chi connectivity index (χ4n) is 12.6. The minimum Gasteiger partial charge on any atom is -0.351 e. The molecular weight excluding hydrogens is 1290 g/mol. The van der Waals surface area contributed by atoms with Gasteiger partial charge in [-0.2, -0.15) is 30.6 Å². The summed E-state index contributed by atoms with van der Waals surface area (Å²) in [6, 6.07) is 17.8. The van der Waals surface area contributed by atoms with Crippen LogP contribution in [0.5, 0.6) is 0 Å². The van der Waals surface area contributed by atoms with E-state index in [1.54, 1.807) is 40.5 Å². The van der Waals surface area contributed by atoms with E-state index in [2.05, 4.69) is 124 Å². The van der Waals surface area contributed by atoms with Crippen LogP contribution in [-0.2, 0) is 4.79 Å². The summed E-state index contributed by atoms with van der Waals surface area (Å²) in [5.74, 6) is 0.576. The molecule has 8 aromatic heterocycles. The summed E-state index contributed by atoms with van der Waals surface area (Å²) >= 11 is 9.36. The van der Waals surface area contributed by atoms with E-state index in [-0.39, 0.29) is 77.0 Å². The highest BCUT2D eigenvalue weighted by Crippen LogP contribution is 2.39. The van der Waals surface area contributed by atoms with Crippen LogP contribution < -0.4 is 5.32 Å². The number of fused-ring (bicyclic) bond motifs is 3. The Hall–Kier alpha value is -8.98. The van der Waals surface area contributed by atoms with Crippen LogP contribution >= 0.6 is 27.5 Å². The zero-order valence-electron chi connectivity index (χ0n) is 53.1. The Kier molecular flexibility index (Phi) is 19.3. The molecule has 2 saturated carbocycles. The van der Waals surface area contributed by atoms with Crippen LogP contribution in [0, 0.1) is 23.5 Å². The first-order valence-corrected chi connectivity index (χ1v) is 33.2. The number of pyridine rings is 1. The highest BCUT2D eigenvalue weighted by atomic mass is 79.9. The van der Waals surface area contributed by atoms with Gasteiger partial charge in [0.1, 0.15) is 39.6 Å². The topological polar surface area (TPSA) is 288 Å². The zero-order chi connectivity index (χ0) is 66.1. The van der Waals surface area contributed by atoms with E-state index in [0.29, 0.717) is 107 Å². The molecule has 2 aromatic carbocycles. The molecule has 94 heavy (non-hydrogen) atoms. The number of likely N-dealkylation sites (tertiary alicyclic amines) is 3. The van der Waals surface area contributed by atoms with Crippen LogP contribution in [0.2, 0.25) is 5.15 Å². The number of aromatic nitrogens is 15. The van der Waals surface area contributed by atoms with E-state index in [1.807, 2.05) is 55.3 Å². The molecule has 4 amide bonds. The monoisotopic (exact) mass is 1370 g/mol. The van der Waals surface area contributed by atoms with Crippen LogP contribution in [0.15, 0.2) is 96.3 Å². The van der Waals surface area contributed by atoms with E-state index in [4.69, 9.17) is 11.6 Å². The normalized spacial score (nSPS) is 19.5. The minimum absolute atomic E-state index is 0.0457. The lowest BCUT2D eigenvalue weighted by atomic mass is 9.99. The number of H-pyrrole nitrogens is 4. The molecular formula is C66H75BrClF2N19O5. The first-order chi connectivity index (χ1) is 45.2. The number of hydrogen-bond donors (Lipinski definition) is 5. The molecule has 28 heteroatoms. The van der Waals surface area contributed by atoms with Crippen molar-refractivity contribution in [1.82, 2.24) is 94.9 Å². The highest BCUT2D eigenvalue weighted by molar-refractivity contribution is 9.10. The third-order valence-corrected chi connectivity index (χ3v) is 18.9. The van der Waals surface area contributed by atoms with Crippen molar-refractivity contribution in [2.45, 2.75) is 135 Å². The second kappa shape index (κ2) is 27.9. The Labute approximate surface area is 553 Å². The predicted molar refractivity (Wildman–Crippen MR) is 351 cm³/mol. The molecule has 3 saturated heterocycles. The summed E-state index contributed by atoms with van der Waals surface area (Å²) in [6.07, 6.45) is 14.7. The Bertz CT molecular complexity index is 4300. The third-order valence-electron chi connectivity index (χ3n) is 18.2. The lowest BCUT2D eigenvalue weighted by molar-refractivity contribution is -0.122. The number of carbonyl (C=O) groups is 5. The molecule has 3 aliphatic heterocycles. The van der Waals surface area contributed by atoms with Gasteiger partial charge < -0.3 is 25.0 Å². The number of nitrogens with one attached hydrogen (secondary N) is 5. The van der Waals surface area contributed by atoms with Gasteiger partial charge in [0.15, 0.2) is 11.4 Å². The largest absolute Gasteiger partial charge is 0.351 e. The molecule has 0 spiro atoms. The quantitative estimate of drug-likeness (QED) is 0.0531. The number of halogens is 4. The minimum atomic E-state index is -0.288. The van der Waals surface area contributed by atoms with Crippen molar-refractivity contribution in [2.24, 2.45) is 11.8 Å². The summed E-state index contributed by atoms with van der Waals surface area (Å²) in [4.78, 5) is 78.2. The number of rotatable bonds is 13. The fraction of sp³-hybridized carbons (Fsp3) is 0.439.